The molecule has 1 N–H and O–H groups in total. The van der Waals surface area contributed by atoms with Crippen LogP contribution in [0, 0.1) is 0 Å². The molecule has 0 bridgehead atoms. The van der Waals surface area contributed by atoms with Gasteiger partial charge in [0, 0.05) is 26.8 Å². The fourth-order valence-electron chi connectivity index (χ4n) is 1.53. The third-order valence-electron chi connectivity index (χ3n) is 2.43. The molecule has 2 aromatic heterocycles. The van der Waals surface area contributed by atoms with Crippen LogP contribution in [-0.2, 0) is 0 Å². The first kappa shape index (κ1) is 13.0. The maximum Gasteiger partial charge on any atom is 0.273 e. The quantitative estimate of drug-likeness (QED) is 0.879. The molecule has 7 nitrogen and oxygen atoms in total. The zero-order valence-corrected chi connectivity index (χ0v) is 11.2. The van der Waals surface area contributed by atoms with Crippen LogP contribution in [0.25, 0.3) is 5.82 Å². The van der Waals surface area contributed by atoms with Crippen molar-refractivity contribution >= 4 is 11.7 Å². The minimum atomic E-state index is -0.144. The van der Waals surface area contributed by atoms with Crippen LogP contribution in [-0.4, -0.2) is 51.2 Å². The van der Waals surface area contributed by atoms with Gasteiger partial charge in [0.2, 0.25) is 0 Å². The largest absolute Gasteiger partial charge is 0.369 e. The van der Waals surface area contributed by atoms with Gasteiger partial charge < -0.3 is 10.2 Å². The van der Waals surface area contributed by atoms with E-state index in [1.807, 2.05) is 6.92 Å². The minimum Gasteiger partial charge on any atom is -0.369 e. The minimum absolute atomic E-state index is 0.144. The predicted octanol–water partition coefficient (Wildman–Crippen LogP) is 0.796. The van der Waals surface area contributed by atoms with E-state index < -0.39 is 0 Å². The lowest BCUT2D eigenvalue weighted by Gasteiger charge is -2.07. The smallest absolute Gasteiger partial charge is 0.273 e. The molecule has 0 aliphatic carbocycles. The average Bonchev–Trinajstić information content (AvgIpc) is 2.88. The molecule has 19 heavy (non-hydrogen) atoms. The molecule has 0 fully saturated rings. The Balaban J connectivity index is 2.27. The lowest BCUT2D eigenvalue weighted by molar-refractivity contribution is 0.0821. The monoisotopic (exact) mass is 260 g/mol. The van der Waals surface area contributed by atoms with E-state index in [0.717, 1.165) is 6.54 Å². The third kappa shape index (κ3) is 2.87. The normalized spacial score (nSPS) is 10.3. The Hall–Kier alpha value is -2.44. The van der Waals surface area contributed by atoms with E-state index in [1.165, 1.54) is 9.58 Å². The van der Waals surface area contributed by atoms with Gasteiger partial charge >= 0.3 is 0 Å². The zero-order valence-electron chi connectivity index (χ0n) is 11.2. The lowest BCUT2D eigenvalue weighted by Crippen LogP contribution is -2.22. The fraction of sp³-hybridized carbons (Fsp3) is 0.333. The molecule has 0 aromatic carbocycles. The molecule has 0 aliphatic rings. The van der Waals surface area contributed by atoms with Gasteiger partial charge in [-0.3, -0.25) is 9.78 Å². The van der Waals surface area contributed by atoms with Crippen molar-refractivity contribution in [2.45, 2.75) is 6.92 Å². The van der Waals surface area contributed by atoms with Gasteiger partial charge in [-0.05, 0) is 13.0 Å². The summed E-state index contributed by atoms with van der Waals surface area (Å²) in [6, 6.07) is 1.66. The van der Waals surface area contributed by atoms with Gasteiger partial charge in [-0.25, -0.2) is 9.67 Å². The Labute approximate surface area is 111 Å². The number of hydrogen-bond donors (Lipinski definition) is 1. The van der Waals surface area contributed by atoms with E-state index in [2.05, 4.69) is 20.4 Å². The van der Waals surface area contributed by atoms with Crippen molar-refractivity contribution < 1.29 is 4.79 Å². The molecule has 2 heterocycles. The summed E-state index contributed by atoms with van der Waals surface area (Å²) in [5.41, 5.74) is 0.376. The van der Waals surface area contributed by atoms with Crippen LogP contribution < -0.4 is 5.32 Å². The summed E-state index contributed by atoms with van der Waals surface area (Å²) in [7, 11) is 3.37. The van der Waals surface area contributed by atoms with Gasteiger partial charge in [-0.1, -0.05) is 0 Å². The SMILES string of the molecule is CCNc1cncc(-n2ccc(C(=O)N(C)C)n2)n1. The molecule has 0 radical (unpaired) electrons. The maximum atomic E-state index is 11.8. The first-order valence-corrected chi connectivity index (χ1v) is 5.95. The highest BCUT2D eigenvalue weighted by atomic mass is 16.2. The Morgan fingerprint density at radius 1 is 1.42 bits per heavy atom. The summed E-state index contributed by atoms with van der Waals surface area (Å²) in [6.45, 7) is 2.75. The second-order valence-corrected chi connectivity index (χ2v) is 4.14. The number of amides is 1. The number of hydrogen-bond acceptors (Lipinski definition) is 5. The van der Waals surface area contributed by atoms with Crippen molar-refractivity contribution in [1.82, 2.24) is 24.6 Å². The topological polar surface area (TPSA) is 75.9 Å². The Morgan fingerprint density at radius 3 is 2.89 bits per heavy atom. The fourth-order valence-corrected chi connectivity index (χ4v) is 1.53. The molecule has 7 heteroatoms. The number of nitrogens with one attached hydrogen (secondary N) is 1. The molecule has 100 valence electrons. The summed E-state index contributed by atoms with van der Waals surface area (Å²) in [5.74, 6) is 1.10. The summed E-state index contributed by atoms with van der Waals surface area (Å²) < 4.78 is 1.53. The van der Waals surface area contributed by atoms with Crippen LogP contribution in [0.5, 0.6) is 0 Å². The maximum absolute atomic E-state index is 11.8. The van der Waals surface area contributed by atoms with E-state index in [1.54, 1.807) is 38.8 Å². The molecular formula is C12H16N6O. The second kappa shape index (κ2) is 5.47. The van der Waals surface area contributed by atoms with Crippen molar-refractivity contribution in [3.63, 3.8) is 0 Å². The number of aromatic nitrogens is 4. The van der Waals surface area contributed by atoms with E-state index >= 15 is 0 Å². The third-order valence-corrected chi connectivity index (χ3v) is 2.43. The van der Waals surface area contributed by atoms with E-state index in [0.29, 0.717) is 17.3 Å². The van der Waals surface area contributed by atoms with Crippen molar-refractivity contribution in [3.8, 4) is 5.82 Å². The van der Waals surface area contributed by atoms with Crippen LogP contribution in [0.15, 0.2) is 24.7 Å². The number of carbonyl (C=O) groups is 1. The molecule has 0 aliphatic heterocycles. The number of rotatable bonds is 4. The molecule has 2 aromatic rings. The second-order valence-electron chi connectivity index (χ2n) is 4.14. The number of carbonyl (C=O) groups excluding carboxylic acids is 1. The summed E-state index contributed by atoms with van der Waals surface area (Å²) in [4.78, 5) is 21.7. The molecule has 0 unspecified atom stereocenters. The highest BCUT2D eigenvalue weighted by molar-refractivity contribution is 5.91. The lowest BCUT2D eigenvalue weighted by atomic mass is 10.4. The van der Waals surface area contributed by atoms with Crippen LogP contribution in [0.4, 0.5) is 5.82 Å². The van der Waals surface area contributed by atoms with Gasteiger partial charge in [0.05, 0.1) is 12.4 Å². The van der Waals surface area contributed by atoms with Crippen molar-refractivity contribution in [2.75, 3.05) is 26.0 Å². The van der Waals surface area contributed by atoms with E-state index in [4.69, 9.17) is 0 Å². The first-order valence-electron chi connectivity index (χ1n) is 5.95. The Morgan fingerprint density at radius 2 is 2.21 bits per heavy atom. The van der Waals surface area contributed by atoms with Gasteiger partial charge in [-0.2, -0.15) is 5.10 Å². The van der Waals surface area contributed by atoms with E-state index in [-0.39, 0.29) is 5.91 Å². The van der Waals surface area contributed by atoms with Crippen molar-refractivity contribution in [1.29, 1.82) is 0 Å². The Kier molecular flexibility index (Phi) is 3.74. The van der Waals surface area contributed by atoms with Gasteiger partial charge in [0.15, 0.2) is 11.5 Å². The van der Waals surface area contributed by atoms with Crippen LogP contribution >= 0.6 is 0 Å². The predicted molar refractivity (Wildman–Crippen MR) is 71.3 cm³/mol. The molecule has 0 spiro atoms. The molecule has 0 atom stereocenters. The number of nitrogens with zero attached hydrogens (tertiary/aromatic N) is 5. The number of anilines is 1. The van der Waals surface area contributed by atoms with Crippen LogP contribution in [0.2, 0.25) is 0 Å². The summed E-state index contributed by atoms with van der Waals surface area (Å²) in [5, 5.41) is 7.27. The highest BCUT2D eigenvalue weighted by Crippen LogP contribution is 2.08. The van der Waals surface area contributed by atoms with Crippen LogP contribution in [0.3, 0.4) is 0 Å². The molecule has 2 rings (SSSR count). The molecule has 0 saturated heterocycles. The molecule has 1 amide bonds. The van der Waals surface area contributed by atoms with Crippen molar-refractivity contribution in [2.24, 2.45) is 0 Å². The van der Waals surface area contributed by atoms with Gasteiger partial charge in [-0.15, -0.1) is 0 Å². The molecule has 0 saturated carbocycles. The summed E-state index contributed by atoms with van der Waals surface area (Å²) in [6.07, 6.45) is 4.93. The van der Waals surface area contributed by atoms with Gasteiger partial charge in [0.1, 0.15) is 5.82 Å². The van der Waals surface area contributed by atoms with Gasteiger partial charge in [0.25, 0.3) is 5.91 Å². The van der Waals surface area contributed by atoms with Crippen molar-refractivity contribution in [3.05, 3.63) is 30.4 Å². The highest BCUT2D eigenvalue weighted by Gasteiger charge is 2.12. The first-order chi connectivity index (χ1) is 9.11. The summed E-state index contributed by atoms with van der Waals surface area (Å²) >= 11 is 0. The standard InChI is InChI=1S/C12H16N6O/c1-4-14-10-7-13-8-11(15-10)18-6-5-9(16-18)12(19)17(2)3/h5-8H,4H2,1-3H3,(H,14,15). The Bertz CT molecular complexity index is 577. The van der Waals surface area contributed by atoms with Crippen LogP contribution in [0.1, 0.15) is 17.4 Å². The average molecular weight is 260 g/mol. The van der Waals surface area contributed by atoms with E-state index in [9.17, 15) is 4.79 Å². The molecular weight excluding hydrogens is 244 g/mol. The zero-order chi connectivity index (χ0) is 13.8.